The molecule has 1 saturated heterocycles. The van der Waals surface area contributed by atoms with Gasteiger partial charge in [0.05, 0.1) is 0 Å². The number of hydrogen-bond acceptors (Lipinski definition) is 4. The minimum absolute atomic E-state index is 0.270. The van der Waals surface area contributed by atoms with E-state index in [1.807, 2.05) is 20.8 Å². The molecule has 1 aliphatic heterocycles. The van der Waals surface area contributed by atoms with Crippen molar-refractivity contribution in [3.8, 4) is 0 Å². The normalized spacial score (nSPS) is 16.2. The Balaban J connectivity index is 0.000000631. The second kappa shape index (κ2) is 7.92. The number of carbonyl (C=O) groups is 2. The van der Waals surface area contributed by atoms with Gasteiger partial charge in [0, 0.05) is 13.0 Å². The van der Waals surface area contributed by atoms with Crippen LogP contribution in [0.5, 0.6) is 0 Å². The third-order valence-electron chi connectivity index (χ3n) is 2.06. The molecule has 0 saturated carbocycles. The summed E-state index contributed by atoms with van der Waals surface area (Å²) in [5.41, 5.74) is -0.406. The first-order valence-corrected chi connectivity index (χ1v) is 6.10. The quantitative estimate of drug-likeness (QED) is 0.662. The number of ether oxygens (including phenoxy) is 1. The smallest absolute Gasteiger partial charge is 0.407 e. The highest BCUT2D eigenvalue weighted by atomic mass is 16.6. The Labute approximate surface area is 108 Å². The topological polar surface area (TPSA) is 87.7 Å². The van der Waals surface area contributed by atoms with Crippen molar-refractivity contribution >= 4 is 12.1 Å². The first kappa shape index (κ1) is 16.7. The molecule has 0 aromatic carbocycles. The third-order valence-corrected chi connectivity index (χ3v) is 2.06. The zero-order valence-corrected chi connectivity index (χ0v) is 11.6. The van der Waals surface area contributed by atoms with Crippen molar-refractivity contribution in [3.05, 3.63) is 0 Å². The van der Waals surface area contributed by atoms with Crippen molar-refractivity contribution < 1.29 is 19.4 Å². The van der Waals surface area contributed by atoms with Crippen molar-refractivity contribution in [3.63, 3.8) is 0 Å². The Bertz CT molecular complexity index is 264. The van der Waals surface area contributed by atoms with E-state index in [0.717, 1.165) is 32.9 Å². The van der Waals surface area contributed by atoms with Crippen LogP contribution in [0.4, 0.5) is 4.79 Å². The number of carboxylic acids is 1. The molecule has 0 unspecified atom stereocenters. The molecule has 0 bridgehead atoms. The Morgan fingerprint density at radius 3 is 2.11 bits per heavy atom. The maximum atomic E-state index is 11.4. The molecule has 1 amide bonds. The van der Waals surface area contributed by atoms with Gasteiger partial charge in [-0.3, -0.25) is 4.79 Å². The molecule has 3 N–H and O–H groups in total. The lowest BCUT2D eigenvalue weighted by atomic mass is 10.1. The third kappa shape index (κ3) is 11.2. The molecule has 0 radical (unpaired) electrons. The summed E-state index contributed by atoms with van der Waals surface area (Å²) in [5.74, 6) is -0.833. The number of aliphatic carboxylic acids is 1. The number of nitrogens with one attached hydrogen (secondary N) is 2. The van der Waals surface area contributed by atoms with Crippen LogP contribution in [0.15, 0.2) is 0 Å². The number of carboxylic acid groups (broad SMARTS) is 1. The second-order valence-corrected chi connectivity index (χ2v) is 5.19. The van der Waals surface area contributed by atoms with E-state index in [0.29, 0.717) is 0 Å². The average molecular weight is 260 g/mol. The number of hydrogen-bond donors (Lipinski definition) is 3. The summed E-state index contributed by atoms with van der Waals surface area (Å²) in [5, 5.41) is 13.5. The molecule has 1 aliphatic rings. The molecule has 1 heterocycles. The van der Waals surface area contributed by atoms with Crippen molar-refractivity contribution in [1.29, 1.82) is 0 Å². The van der Waals surface area contributed by atoms with Crippen LogP contribution in [0.25, 0.3) is 0 Å². The average Bonchev–Trinajstić information content (AvgIpc) is 2.14. The van der Waals surface area contributed by atoms with Gasteiger partial charge in [-0.2, -0.15) is 0 Å². The van der Waals surface area contributed by atoms with Crippen molar-refractivity contribution in [1.82, 2.24) is 10.6 Å². The Morgan fingerprint density at radius 2 is 1.72 bits per heavy atom. The largest absolute Gasteiger partial charge is 0.481 e. The van der Waals surface area contributed by atoms with E-state index in [-0.39, 0.29) is 12.1 Å². The molecular weight excluding hydrogens is 236 g/mol. The molecule has 0 aromatic heterocycles. The lowest BCUT2D eigenvalue weighted by Crippen LogP contribution is -2.44. The van der Waals surface area contributed by atoms with Crippen LogP contribution < -0.4 is 10.6 Å². The Morgan fingerprint density at radius 1 is 1.28 bits per heavy atom. The van der Waals surface area contributed by atoms with E-state index < -0.39 is 11.6 Å². The number of carbonyl (C=O) groups excluding carboxylic acids is 1. The lowest BCUT2D eigenvalue weighted by Gasteiger charge is -2.26. The van der Waals surface area contributed by atoms with Crippen LogP contribution in [-0.4, -0.2) is 41.9 Å². The van der Waals surface area contributed by atoms with Crippen LogP contribution in [0.3, 0.4) is 0 Å². The van der Waals surface area contributed by atoms with Gasteiger partial charge in [-0.1, -0.05) is 0 Å². The van der Waals surface area contributed by atoms with Crippen LogP contribution in [-0.2, 0) is 9.53 Å². The molecule has 1 fully saturated rings. The number of piperidine rings is 1. The molecule has 0 aromatic rings. The Hall–Kier alpha value is -1.30. The van der Waals surface area contributed by atoms with Gasteiger partial charge in [-0.05, 0) is 46.7 Å². The SMILES string of the molecule is CC(=O)O.CC(C)(C)OC(=O)NC1CCNCC1. The standard InChI is InChI=1S/C10H20N2O2.C2H4O2/c1-10(2,3)14-9(13)12-8-4-6-11-7-5-8;1-2(3)4/h8,11H,4-7H2,1-3H3,(H,12,13);1H3,(H,3,4). The van der Waals surface area contributed by atoms with Crippen LogP contribution in [0.1, 0.15) is 40.5 Å². The second-order valence-electron chi connectivity index (χ2n) is 5.19. The van der Waals surface area contributed by atoms with Gasteiger partial charge >= 0.3 is 6.09 Å². The van der Waals surface area contributed by atoms with E-state index in [4.69, 9.17) is 14.6 Å². The van der Waals surface area contributed by atoms with Gasteiger partial charge in [0.15, 0.2) is 0 Å². The van der Waals surface area contributed by atoms with Gasteiger partial charge in [-0.15, -0.1) is 0 Å². The summed E-state index contributed by atoms with van der Waals surface area (Å²) in [6, 6.07) is 0.270. The van der Waals surface area contributed by atoms with Crippen molar-refractivity contribution in [2.75, 3.05) is 13.1 Å². The summed E-state index contributed by atoms with van der Waals surface area (Å²) >= 11 is 0. The maximum absolute atomic E-state index is 11.4. The number of amides is 1. The highest BCUT2D eigenvalue weighted by Gasteiger charge is 2.20. The molecule has 106 valence electrons. The molecule has 6 nitrogen and oxygen atoms in total. The lowest BCUT2D eigenvalue weighted by molar-refractivity contribution is -0.134. The van der Waals surface area contributed by atoms with Gasteiger partial charge in [-0.25, -0.2) is 4.79 Å². The van der Waals surface area contributed by atoms with Crippen LogP contribution in [0, 0.1) is 0 Å². The first-order valence-electron chi connectivity index (χ1n) is 6.10. The minimum atomic E-state index is -0.833. The van der Waals surface area contributed by atoms with E-state index in [1.54, 1.807) is 0 Å². The molecule has 1 rings (SSSR count). The van der Waals surface area contributed by atoms with Gasteiger partial charge in [0.1, 0.15) is 5.60 Å². The monoisotopic (exact) mass is 260 g/mol. The molecule has 0 spiro atoms. The fourth-order valence-corrected chi connectivity index (χ4v) is 1.44. The fourth-order valence-electron chi connectivity index (χ4n) is 1.44. The maximum Gasteiger partial charge on any atom is 0.407 e. The highest BCUT2D eigenvalue weighted by molar-refractivity contribution is 5.68. The van der Waals surface area contributed by atoms with E-state index >= 15 is 0 Å². The number of rotatable bonds is 1. The summed E-state index contributed by atoms with van der Waals surface area (Å²) in [4.78, 5) is 20.4. The summed E-state index contributed by atoms with van der Waals surface area (Å²) in [7, 11) is 0. The Kier molecular flexibility index (Phi) is 7.35. The van der Waals surface area contributed by atoms with Gasteiger partial charge in [0.2, 0.25) is 0 Å². The molecule has 0 atom stereocenters. The fraction of sp³-hybridized carbons (Fsp3) is 0.833. The van der Waals surface area contributed by atoms with E-state index in [2.05, 4.69) is 10.6 Å². The summed E-state index contributed by atoms with van der Waals surface area (Å²) in [6.07, 6.45) is 1.67. The molecule has 0 aliphatic carbocycles. The van der Waals surface area contributed by atoms with Crippen LogP contribution in [0.2, 0.25) is 0 Å². The molecule has 18 heavy (non-hydrogen) atoms. The molecule has 6 heteroatoms. The summed E-state index contributed by atoms with van der Waals surface area (Å²) < 4.78 is 5.17. The summed E-state index contributed by atoms with van der Waals surface area (Å²) in [6.45, 7) is 8.64. The van der Waals surface area contributed by atoms with E-state index in [1.165, 1.54) is 0 Å². The van der Waals surface area contributed by atoms with Crippen molar-refractivity contribution in [2.45, 2.75) is 52.2 Å². The number of alkyl carbamates (subject to hydrolysis) is 1. The van der Waals surface area contributed by atoms with E-state index in [9.17, 15) is 4.79 Å². The molecular formula is C12H24N2O4. The van der Waals surface area contributed by atoms with Crippen LogP contribution >= 0.6 is 0 Å². The van der Waals surface area contributed by atoms with Crippen molar-refractivity contribution in [2.24, 2.45) is 0 Å². The zero-order chi connectivity index (χ0) is 14.2. The van der Waals surface area contributed by atoms with Gasteiger partial charge < -0.3 is 20.5 Å². The van der Waals surface area contributed by atoms with Gasteiger partial charge in [0.25, 0.3) is 5.97 Å². The minimum Gasteiger partial charge on any atom is -0.481 e. The highest BCUT2D eigenvalue weighted by Crippen LogP contribution is 2.08. The predicted octanol–water partition coefficient (Wildman–Crippen LogP) is 1.35. The predicted molar refractivity (Wildman–Crippen MR) is 68.6 cm³/mol. The zero-order valence-electron chi connectivity index (χ0n) is 11.6. The first-order chi connectivity index (χ1) is 8.20.